The summed E-state index contributed by atoms with van der Waals surface area (Å²) < 4.78 is 16.0. The lowest BCUT2D eigenvalue weighted by atomic mass is 9.94. The zero-order valence-corrected chi connectivity index (χ0v) is 14.8. The summed E-state index contributed by atoms with van der Waals surface area (Å²) in [6, 6.07) is 3.58. The molecule has 2 atom stereocenters. The second kappa shape index (κ2) is 8.26. The zero-order chi connectivity index (χ0) is 16.3. The third-order valence-corrected chi connectivity index (χ3v) is 4.19. The van der Waals surface area contributed by atoms with Gasteiger partial charge in [-0.3, -0.25) is 4.79 Å². The molecule has 1 aliphatic rings. The fourth-order valence-electron chi connectivity index (χ4n) is 2.79. The molecule has 2 unspecified atom stereocenters. The van der Waals surface area contributed by atoms with E-state index in [1.54, 1.807) is 19.2 Å². The van der Waals surface area contributed by atoms with Gasteiger partial charge >= 0.3 is 0 Å². The molecule has 7 heteroatoms. The van der Waals surface area contributed by atoms with Gasteiger partial charge in [0.05, 0.1) is 26.9 Å². The van der Waals surface area contributed by atoms with E-state index in [9.17, 15) is 4.79 Å². The van der Waals surface area contributed by atoms with Crippen LogP contribution in [-0.2, 0) is 0 Å². The molecule has 2 rings (SSSR count). The average molecular weight is 345 g/mol. The van der Waals surface area contributed by atoms with E-state index in [0.717, 1.165) is 6.42 Å². The van der Waals surface area contributed by atoms with Gasteiger partial charge in [-0.2, -0.15) is 0 Å². The van der Waals surface area contributed by atoms with Crippen LogP contribution in [0.25, 0.3) is 0 Å². The van der Waals surface area contributed by atoms with Crippen molar-refractivity contribution in [3.63, 3.8) is 0 Å². The number of ether oxygens (including phenoxy) is 3. The van der Waals surface area contributed by atoms with E-state index in [0.29, 0.717) is 35.9 Å². The molecule has 0 spiro atoms. The second-order valence-corrected chi connectivity index (χ2v) is 5.56. The van der Waals surface area contributed by atoms with Crippen LogP contribution in [0.5, 0.6) is 17.2 Å². The Balaban J connectivity index is 0.00000264. The predicted octanol–water partition coefficient (Wildman–Crippen LogP) is 1.94. The van der Waals surface area contributed by atoms with Gasteiger partial charge in [0.25, 0.3) is 5.91 Å². The summed E-state index contributed by atoms with van der Waals surface area (Å²) in [4.78, 5) is 14.6. The molecule has 1 aromatic carbocycles. The molecule has 1 aliphatic heterocycles. The first-order valence-corrected chi connectivity index (χ1v) is 7.37. The monoisotopic (exact) mass is 344 g/mol. The van der Waals surface area contributed by atoms with Crippen LogP contribution < -0.4 is 19.9 Å². The molecular formula is C16H25ClN2O4. The predicted molar refractivity (Wildman–Crippen MR) is 91.0 cm³/mol. The van der Waals surface area contributed by atoms with Crippen molar-refractivity contribution >= 4 is 18.3 Å². The van der Waals surface area contributed by atoms with Gasteiger partial charge < -0.3 is 24.8 Å². The number of hydrogen-bond acceptors (Lipinski definition) is 5. The van der Waals surface area contributed by atoms with E-state index in [-0.39, 0.29) is 30.3 Å². The fourth-order valence-corrected chi connectivity index (χ4v) is 2.79. The topological polar surface area (TPSA) is 74.0 Å². The zero-order valence-electron chi connectivity index (χ0n) is 14.0. The molecule has 0 radical (unpaired) electrons. The molecule has 1 fully saturated rings. The molecule has 0 aromatic heterocycles. The Morgan fingerprint density at radius 3 is 2.35 bits per heavy atom. The van der Waals surface area contributed by atoms with Crippen molar-refractivity contribution in [3.8, 4) is 17.2 Å². The third kappa shape index (κ3) is 3.82. The van der Waals surface area contributed by atoms with Crippen LogP contribution in [0.15, 0.2) is 12.1 Å². The number of halogens is 1. The van der Waals surface area contributed by atoms with Gasteiger partial charge in [-0.15, -0.1) is 12.4 Å². The minimum atomic E-state index is -0.0726. The first-order valence-electron chi connectivity index (χ1n) is 7.37. The van der Waals surface area contributed by atoms with Crippen molar-refractivity contribution in [1.29, 1.82) is 0 Å². The lowest BCUT2D eigenvalue weighted by Crippen LogP contribution is -2.48. The number of benzene rings is 1. The van der Waals surface area contributed by atoms with Crippen molar-refractivity contribution < 1.29 is 19.0 Å². The van der Waals surface area contributed by atoms with E-state index in [2.05, 4.69) is 6.92 Å². The molecule has 0 saturated carbocycles. The SMILES string of the molecule is COc1ccc(C(=O)N2CCC(N)C(C)C2)c(OC)c1OC.Cl. The van der Waals surface area contributed by atoms with Crippen LogP contribution in [-0.4, -0.2) is 51.3 Å². The van der Waals surface area contributed by atoms with Gasteiger partial charge in [-0.05, 0) is 24.5 Å². The fraction of sp³-hybridized carbons (Fsp3) is 0.562. The number of likely N-dealkylation sites (tertiary alicyclic amines) is 1. The summed E-state index contributed by atoms with van der Waals surface area (Å²) in [6.07, 6.45) is 0.808. The number of carbonyl (C=O) groups is 1. The van der Waals surface area contributed by atoms with Crippen LogP contribution in [0.4, 0.5) is 0 Å². The molecule has 0 bridgehead atoms. The largest absolute Gasteiger partial charge is 0.493 e. The molecule has 23 heavy (non-hydrogen) atoms. The first-order chi connectivity index (χ1) is 10.5. The summed E-state index contributed by atoms with van der Waals surface area (Å²) in [7, 11) is 4.59. The number of amides is 1. The van der Waals surface area contributed by atoms with Gasteiger partial charge in [-0.1, -0.05) is 6.92 Å². The number of piperidine rings is 1. The van der Waals surface area contributed by atoms with E-state index in [1.165, 1.54) is 14.2 Å². The second-order valence-electron chi connectivity index (χ2n) is 5.56. The number of nitrogens with two attached hydrogens (primary N) is 1. The van der Waals surface area contributed by atoms with Crippen LogP contribution in [0.1, 0.15) is 23.7 Å². The summed E-state index contributed by atoms with van der Waals surface area (Å²) in [5.74, 6) is 1.57. The van der Waals surface area contributed by atoms with Crippen LogP contribution >= 0.6 is 12.4 Å². The van der Waals surface area contributed by atoms with E-state index in [4.69, 9.17) is 19.9 Å². The van der Waals surface area contributed by atoms with Gasteiger partial charge in [0.2, 0.25) is 5.75 Å². The number of carbonyl (C=O) groups excluding carboxylic acids is 1. The van der Waals surface area contributed by atoms with Crippen molar-refractivity contribution in [2.24, 2.45) is 11.7 Å². The standard InChI is InChI=1S/C16H24N2O4.ClH/c1-10-9-18(8-7-12(10)17)16(19)11-5-6-13(20-2)15(22-4)14(11)21-3;/h5-6,10,12H,7-9,17H2,1-4H3;1H. The maximum Gasteiger partial charge on any atom is 0.257 e. The molecule has 1 heterocycles. The Kier molecular flexibility index (Phi) is 6.97. The lowest BCUT2D eigenvalue weighted by Gasteiger charge is -2.35. The van der Waals surface area contributed by atoms with Gasteiger partial charge in [0, 0.05) is 19.1 Å². The maximum absolute atomic E-state index is 12.8. The molecule has 0 aliphatic carbocycles. The lowest BCUT2D eigenvalue weighted by molar-refractivity contribution is 0.0660. The van der Waals surface area contributed by atoms with Crippen molar-refractivity contribution in [2.75, 3.05) is 34.4 Å². The van der Waals surface area contributed by atoms with E-state index >= 15 is 0 Å². The Morgan fingerprint density at radius 2 is 1.83 bits per heavy atom. The molecule has 1 saturated heterocycles. The molecule has 1 amide bonds. The highest BCUT2D eigenvalue weighted by Crippen LogP contribution is 2.40. The summed E-state index contributed by atoms with van der Waals surface area (Å²) in [5.41, 5.74) is 6.49. The smallest absolute Gasteiger partial charge is 0.257 e. The highest BCUT2D eigenvalue weighted by molar-refractivity contribution is 5.98. The quantitative estimate of drug-likeness (QED) is 0.903. The summed E-state index contributed by atoms with van der Waals surface area (Å²) in [6.45, 7) is 3.37. The molecule has 2 N–H and O–H groups in total. The first kappa shape index (κ1) is 19.4. The van der Waals surface area contributed by atoms with Crippen molar-refractivity contribution in [2.45, 2.75) is 19.4 Å². The molecule has 130 valence electrons. The minimum absolute atomic E-state index is 0. The average Bonchev–Trinajstić information content (AvgIpc) is 2.54. The van der Waals surface area contributed by atoms with E-state index < -0.39 is 0 Å². The Hall–Kier alpha value is -1.66. The number of hydrogen-bond donors (Lipinski definition) is 1. The third-order valence-electron chi connectivity index (χ3n) is 4.19. The molecule has 1 aromatic rings. The van der Waals surface area contributed by atoms with Crippen LogP contribution in [0.3, 0.4) is 0 Å². The van der Waals surface area contributed by atoms with Crippen LogP contribution in [0.2, 0.25) is 0 Å². The van der Waals surface area contributed by atoms with Gasteiger partial charge in [0.1, 0.15) is 0 Å². The van der Waals surface area contributed by atoms with Crippen molar-refractivity contribution in [1.82, 2.24) is 4.90 Å². The number of nitrogens with zero attached hydrogens (tertiary/aromatic N) is 1. The summed E-state index contributed by atoms with van der Waals surface area (Å²) >= 11 is 0. The molecular weight excluding hydrogens is 320 g/mol. The number of methoxy groups -OCH3 is 3. The minimum Gasteiger partial charge on any atom is -0.493 e. The summed E-state index contributed by atoms with van der Waals surface area (Å²) in [5, 5.41) is 0. The van der Waals surface area contributed by atoms with E-state index in [1.807, 2.05) is 4.90 Å². The Bertz CT molecular complexity index is 553. The normalized spacial score (nSPS) is 20.5. The van der Waals surface area contributed by atoms with Gasteiger partial charge in [-0.25, -0.2) is 0 Å². The highest BCUT2D eigenvalue weighted by atomic mass is 35.5. The highest BCUT2D eigenvalue weighted by Gasteiger charge is 2.30. The van der Waals surface area contributed by atoms with Crippen LogP contribution in [0, 0.1) is 5.92 Å². The molecule has 6 nitrogen and oxygen atoms in total. The van der Waals surface area contributed by atoms with Gasteiger partial charge in [0.15, 0.2) is 11.5 Å². The number of rotatable bonds is 4. The Labute approximate surface area is 143 Å². The van der Waals surface area contributed by atoms with Crippen molar-refractivity contribution in [3.05, 3.63) is 17.7 Å². The maximum atomic E-state index is 12.8. The Morgan fingerprint density at radius 1 is 1.17 bits per heavy atom.